The second-order valence-electron chi connectivity index (χ2n) is 6.34. The first-order valence-electron chi connectivity index (χ1n) is 8.42. The van der Waals surface area contributed by atoms with Crippen molar-refractivity contribution in [3.8, 4) is 17.0 Å². The number of fused-ring (bicyclic) bond motifs is 3. The second kappa shape index (κ2) is 7.01. The Labute approximate surface area is 166 Å². The summed E-state index contributed by atoms with van der Waals surface area (Å²) < 4.78 is 31.1. The number of hydrogen-bond donors (Lipinski definition) is 1. The first-order chi connectivity index (χ1) is 13.4. The van der Waals surface area contributed by atoms with Crippen LogP contribution in [0.5, 0.6) is 5.75 Å². The normalized spacial score (nSPS) is 12.8. The third-order valence-corrected chi connectivity index (χ3v) is 7.09. The number of ether oxygens (including phenoxy) is 1. The largest absolute Gasteiger partial charge is 0.487 e. The van der Waals surface area contributed by atoms with Crippen molar-refractivity contribution in [1.29, 1.82) is 0 Å². The summed E-state index contributed by atoms with van der Waals surface area (Å²) in [5, 5.41) is 3.25. The molecular formula is C19H17N3O4S2. The molecule has 0 aliphatic carbocycles. The van der Waals surface area contributed by atoms with E-state index in [2.05, 4.69) is 10.3 Å². The van der Waals surface area contributed by atoms with Crippen LogP contribution < -0.4 is 10.1 Å². The number of thiazole rings is 1. The van der Waals surface area contributed by atoms with Gasteiger partial charge in [-0.1, -0.05) is 23.5 Å². The van der Waals surface area contributed by atoms with Crippen LogP contribution in [0.1, 0.15) is 15.2 Å². The Bertz CT molecular complexity index is 1150. The minimum atomic E-state index is -3.53. The van der Waals surface area contributed by atoms with Gasteiger partial charge < -0.3 is 4.74 Å². The van der Waals surface area contributed by atoms with Gasteiger partial charge in [0.1, 0.15) is 12.4 Å². The molecular weight excluding hydrogens is 398 g/mol. The van der Waals surface area contributed by atoms with Gasteiger partial charge in [0.25, 0.3) is 5.91 Å². The number of amides is 1. The highest BCUT2D eigenvalue weighted by molar-refractivity contribution is 7.89. The van der Waals surface area contributed by atoms with E-state index in [1.54, 1.807) is 0 Å². The van der Waals surface area contributed by atoms with Crippen molar-refractivity contribution in [2.75, 3.05) is 19.4 Å². The number of nitrogens with zero attached hydrogens (tertiary/aromatic N) is 2. The van der Waals surface area contributed by atoms with Gasteiger partial charge in [0.2, 0.25) is 10.0 Å². The summed E-state index contributed by atoms with van der Waals surface area (Å²) in [7, 11) is -0.611. The fraction of sp³-hybridized carbons (Fsp3) is 0.158. The van der Waals surface area contributed by atoms with E-state index in [9.17, 15) is 13.2 Å². The second-order valence-corrected chi connectivity index (χ2v) is 9.58. The lowest BCUT2D eigenvalue weighted by Crippen LogP contribution is -2.22. The van der Waals surface area contributed by atoms with Crippen LogP contribution in [0.4, 0.5) is 5.13 Å². The van der Waals surface area contributed by atoms with Gasteiger partial charge in [0.15, 0.2) is 5.13 Å². The smallest absolute Gasteiger partial charge is 0.257 e. The minimum absolute atomic E-state index is 0.132. The van der Waals surface area contributed by atoms with Crippen molar-refractivity contribution in [2.24, 2.45) is 0 Å². The molecule has 9 heteroatoms. The van der Waals surface area contributed by atoms with E-state index < -0.39 is 10.0 Å². The molecule has 0 atom stereocenters. The summed E-state index contributed by atoms with van der Waals surface area (Å²) in [5.74, 6) is 0.421. The lowest BCUT2D eigenvalue weighted by Gasteiger charge is -2.15. The maximum atomic E-state index is 12.5. The topological polar surface area (TPSA) is 88.6 Å². The molecule has 0 unspecified atom stereocenters. The van der Waals surface area contributed by atoms with Crippen molar-refractivity contribution in [1.82, 2.24) is 9.29 Å². The lowest BCUT2D eigenvalue weighted by molar-refractivity contribution is 0.102. The minimum Gasteiger partial charge on any atom is -0.487 e. The number of aromatic nitrogens is 1. The van der Waals surface area contributed by atoms with Crippen LogP contribution in [0.3, 0.4) is 0 Å². The standard InChI is InChI=1S/C19H17N3O4S2/c1-22(2)28(24,25)13-9-7-12(8-10-13)18(23)21-19-20-17-14-5-3-4-6-15(14)26-11-16(17)27-19/h3-10H,11H2,1-2H3,(H,20,21,23). The zero-order valence-corrected chi connectivity index (χ0v) is 16.8. The van der Waals surface area contributed by atoms with Crippen molar-refractivity contribution in [3.05, 3.63) is 59.0 Å². The molecule has 0 fully saturated rings. The summed E-state index contributed by atoms with van der Waals surface area (Å²) in [6.07, 6.45) is 0. The maximum Gasteiger partial charge on any atom is 0.257 e. The lowest BCUT2D eigenvalue weighted by atomic mass is 10.1. The molecule has 0 saturated heterocycles. The van der Waals surface area contributed by atoms with Gasteiger partial charge in [0.05, 0.1) is 15.5 Å². The number of hydrogen-bond acceptors (Lipinski definition) is 6. The summed E-state index contributed by atoms with van der Waals surface area (Å²) in [4.78, 5) is 18.2. The van der Waals surface area contributed by atoms with Crippen molar-refractivity contribution >= 4 is 32.4 Å². The van der Waals surface area contributed by atoms with Crippen LogP contribution >= 0.6 is 11.3 Å². The van der Waals surface area contributed by atoms with Crippen LogP contribution in [-0.2, 0) is 16.6 Å². The average molecular weight is 415 g/mol. The van der Waals surface area contributed by atoms with Gasteiger partial charge in [-0.25, -0.2) is 17.7 Å². The molecule has 3 aromatic rings. The highest BCUT2D eigenvalue weighted by Crippen LogP contribution is 2.40. The van der Waals surface area contributed by atoms with Gasteiger partial charge in [-0.2, -0.15) is 0 Å². The number of carbonyl (C=O) groups is 1. The molecule has 7 nitrogen and oxygen atoms in total. The number of sulfonamides is 1. The summed E-state index contributed by atoms with van der Waals surface area (Å²) in [6, 6.07) is 13.4. The van der Waals surface area contributed by atoms with E-state index in [0.29, 0.717) is 17.3 Å². The molecule has 4 rings (SSSR count). The molecule has 2 aromatic carbocycles. The number of anilines is 1. The van der Waals surface area contributed by atoms with E-state index in [1.807, 2.05) is 24.3 Å². The number of para-hydroxylation sites is 1. The van der Waals surface area contributed by atoms with Crippen molar-refractivity contribution in [2.45, 2.75) is 11.5 Å². The first-order valence-corrected chi connectivity index (χ1v) is 10.7. The van der Waals surface area contributed by atoms with E-state index in [0.717, 1.165) is 26.2 Å². The van der Waals surface area contributed by atoms with Gasteiger partial charge in [-0.05, 0) is 36.4 Å². The Kier molecular flexibility index (Phi) is 4.66. The third-order valence-electron chi connectivity index (χ3n) is 4.31. The Morgan fingerprint density at radius 3 is 2.57 bits per heavy atom. The molecule has 28 heavy (non-hydrogen) atoms. The van der Waals surface area contributed by atoms with Crippen LogP contribution in [0.2, 0.25) is 0 Å². The SMILES string of the molecule is CN(C)S(=O)(=O)c1ccc(C(=O)Nc2nc3c(s2)COc2ccccc2-3)cc1. The quantitative estimate of drug-likeness (QED) is 0.707. The predicted octanol–water partition coefficient (Wildman–Crippen LogP) is 3.21. The highest BCUT2D eigenvalue weighted by atomic mass is 32.2. The van der Waals surface area contributed by atoms with E-state index in [-0.39, 0.29) is 10.8 Å². The Morgan fingerprint density at radius 1 is 1.14 bits per heavy atom. The predicted molar refractivity (Wildman–Crippen MR) is 107 cm³/mol. The van der Waals surface area contributed by atoms with Crippen molar-refractivity contribution in [3.63, 3.8) is 0 Å². The zero-order chi connectivity index (χ0) is 19.9. The molecule has 0 radical (unpaired) electrons. The van der Waals surface area contributed by atoms with Crippen LogP contribution in [0.25, 0.3) is 11.3 Å². The maximum absolute atomic E-state index is 12.5. The number of carbonyl (C=O) groups excluding carboxylic acids is 1. The number of nitrogens with one attached hydrogen (secondary N) is 1. The summed E-state index contributed by atoms with van der Waals surface area (Å²) >= 11 is 1.36. The van der Waals surface area contributed by atoms with Crippen LogP contribution in [-0.4, -0.2) is 37.7 Å². The number of rotatable bonds is 4. The van der Waals surface area contributed by atoms with E-state index in [4.69, 9.17) is 4.74 Å². The van der Waals surface area contributed by atoms with Crippen LogP contribution in [0.15, 0.2) is 53.4 Å². The van der Waals surface area contributed by atoms with E-state index >= 15 is 0 Å². The fourth-order valence-corrected chi connectivity index (χ4v) is 4.59. The molecule has 1 amide bonds. The fourth-order valence-electron chi connectivity index (χ4n) is 2.80. The zero-order valence-electron chi connectivity index (χ0n) is 15.2. The third kappa shape index (κ3) is 3.28. The monoisotopic (exact) mass is 415 g/mol. The van der Waals surface area contributed by atoms with Gasteiger partial charge in [-0.15, -0.1) is 0 Å². The summed E-state index contributed by atoms with van der Waals surface area (Å²) in [6.45, 7) is 0.414. The Morgan fingerprint density at radius 2 is 1.86 bits per heavy atom. The van der Waals surface area contributed by atoms with Gasteiger partial charge >= 0.3 is 0 Å². The van der Waals surface area contributed by atoms with Gasteiger partial charge in [0, 0.05) is 25.2 Å². The number of benzene rings is 2. The molecule has 2 heterocycles. The van der Waals surface area contributed by atoms with Crippen LogP contribution in [0, 0.1) is 0 Å². The first kappa shape index (κ1) is 18.6. The Hall–Kier alpha value is -2.75. The van der Waals surface area contributed by atoms with Gasteiger partial charge in [-0.3, -0.25) is 10.1 Å². The average Bonchev–Trinajstić information content (AvgIpc) is 3.11. The molecule has 1 aromatic heterocycles. The molecule has 1 aliphatic rings. The van der Waals surface area contributed by atoms with Crippen molar-refractivity contribution < 1.29 is 17.9 Å². The molecule has 0 saturated carbocycles. The summed E-state index contributed by atoms with van der Waals surface area (Å²) in [5.41, 5.74) is 2.07. The van der Waals surface area contributed by atoms with E-state index in [1.165, 1.54) is 49.7 Å². The Balaban J connectivity index is 1.55. The highest BCUT2D eigenvalue weighted by Gasteiger charge is 2.23. The molecule has 1 N–H and O–H groups in total. The molecule has 144 valence electrons. The molecule has 0 bridgehead atoms. The molecule has 1 aliphatic heterocycles. The molecule has 0 spiro atoms.